The molecule has 0 aliphatic heterocycles. The highest BCUT2D eigenvalue weighted by Crippen LogP contribution is 2.54. The Balaban J connectivity index is 1.56. The first kappa shape index (κ1) is 16.0. The molecule has 5 atom stereocenters. The van der Waals surface area contributed by atoms with Gasteiger partial charge in [0.2, 0.25) is 5.24 Å². The fourth-order valence-electron chi connectivity index (χ4n) is 5.01. The van der Waals surface area contributed by atoms with Gasteiger partial charge in [-0.3, -0.25) is 9.78 Å². The lowest BCUT2D eigenvalue weighted by Crippen LogP contribution is -2.15. The third kappa shape index (κ3) is 2.73. The summed E-state index contributed by atoms with van der Waals surface area (Å²) in [7, 11) is 0. The van der Waals surface area contributed by atoms with Crippen molar-refractivity contribution in [3.63, 3.8) is 0 Å². The van der Waals surface area contributed by atoms with Gasteiger partial charge in [0.1, 0.15) is 5.82 Å². The molecule has 2 aliphatic rings. The molecule has 1 heterocycles. The molecule has 0 saturated heterocycles. The maximum Gasteiger partial charge on any atom is 0.224 e. The molecule has 1 aromatic carbocycles. The van der Waals surface area contributed by atoms with Gasteiger partial charge in [-0.25, -0.2) is 4.39 Å². The average Bonchev–Trinajstić information content (AvgIpc) is 3.12. The minimum absolute atomic E-state index is 0.0356. The van der Waals surface area contributed by atoms with Gasteiger partial charge >= 0.3 is 0 Å². The molecule has 2 aromatic rings. The molecule has 1 aromatic heterocycles. The van der Waals surface area contributed by atoms with E-state index in [1.165, 1.54) is 11.6 Å². The zero-order chi connectivity index (χ0) is 16.8. The van der Waals surface area contributed by atoms with Crippen LogP contribution >= 0.6 is 11.6 Å². The van der Waals surface area contributed by atoms with E-state index in [2.05, 4.69) is 11.1 Å². The van der Waals surface area contributed by atoms with E-state index in [-0.39, 0.29) is 17.0 Å². The Kier molecular flexibility index (Phi) is 4.07. The zero-order valence-electron chi connectivity index (χ0n) is 13.7. The molecular formula is C20H21ClFNO. The molecule has 0 radical (unpaired) electrons. The number of benzene rings is 1. The minimum Gasteiger partial charge on any atom is -0.281 e. The fourth-order valence-corrected chi connectivity index (χ4v) is 5.18. The number of hydrogen-bond donors (Lipinski definition) is 0. The molecule has 2 fully saturated rings. The number of rotatable bonds is 3. The van der Waals surface area contributed by atoms with E-state index in [4.69, 9.17) is 11.6 Å². The van der Waals surface area contributed by atoms with Crippen LogP contribution in [0.4, 0.5) is 4.39 Å². The summed E-state index contributed by atoms with van der Waals surface area (Å²) < 4.78 is 13.7. The van der Waals surface area contributed by atoms with Crippen LogP contribution in [-0.4, -0.2) is 10.2 Å². The van der Waals surface area contributed by atoms with Gasteiger partial charge in [0.15, 0.2) is 0 Å². The van der Waals surface area contributed by atoms with Gasteiger partial charge in [0, 0.05) is 17.5 Å². The number of carbonyl (C=O) groups is 1. The predicted octanol–water partition coefficient (Wildman–Crippen LogP) is 5.30. The van der Waals surface area contributed by atoms with Crippen molar-refractivity contribution in [2.24, 2.45) is 23.7 Å². The van der Waals surface area contributed by atoms with Gasteiger partial charge in [-0.2, -0.15) is 0 Å². The first-order valence-electron chi connectivity index (χ1n) is 8.76. The van der Waals surface area contributed by atoms with Crippen LogP contribution in [-0.2, 0) is 4.79 Å². The Morgan fingerprint density at radius 3 is 2.58 bits per heavy atom. The third-order valence-electron chi connectivity index (χ3n) is 6.29. The maximum absolute atomic E-state index is 13.7. The molecule has 2 saturated carbocycles. The van der Waals surface area contributed by atoms with Crippen molar-refractivity contribution in [1.82, 2.24) is 4.98 Å². The summed E-state index contributed by atoms with van der Waals surface area (Å²) in [6, 6.07) is 6.89. The standard InChI is InChI=1S/C20H21ClFNO/c1-11(20(21)24)12-6-13-8-15(9-14(13)7-12)17-4-5-23-19-3-2-16(22)10-18(17)19/h2-5,10-15H,6-9H2,1H3/t11?,12?,13-,14?,15?/m0/s1. The number of fused-ring (bicyclic) bond motifs is 2. The first-order valence-corrected chi connectivity index (χ1v) is 9.14. The minimum atomic E-state index is -0.204. The summed E-state index contributed by atoms with van der Waals surface area (Å²) in [6.07, 6.45) is 6.27. The van der Waals surface area contributed by atoms with E-state index in [1.54, 1.807) is 12.1 Å². The van der Waals surface area contributed by atoms with E-state index >= 15 is 0 Å². The van der Waals surface area contributed by atoms with Gasteiger partial charge in [-0.15, -0.1) is 0 Å². The first-order chi connectivity index (χ1) is 11.5. The summed E-state index contributed by atoms with van der Waals surface area (Å²) in [4.78, 5) is 15.8. The zero-order valence-corrected chi connectivity index (χ0v) is 14.5. The van der Waals surface area contributed by atoms with Crippen molar-refractivity contribution in [2.45, 2.75) is 38.5 Å². The van der Waals surface area contributed by atoms with Crippen molar-refractivity contribution >= 4 is 27.7 Å². The lowest BCUT2D eigenvalue weighted by molar-refractivity contribution is -0.116. The summed E-state index contributed by atoms with van der Waals surface area (Å²) in [6.45, 7) is 1.96. The second-order valence-electron chi connectivity index (χ2n) is 7.57. The Hall–Kier alpha value is -1.48. The molecule has 0 amide bonds. The second-order valence-corrected chi connectivity index (χ2v) is 7.95. The van der Waals surface area contributed by atoms with Crippen molar-refractivity contribution in [1.29, 1.82) is 0 Å². The third-order valence-corrected chi connectivity index (χ3v) is 6.64. The van der Waals surface area contributed by atoms with Gasteiger partial charge in [0.25, 0.3) is 0 Å². The SMILES string of the molecule is CC(C(=O)Cl)C1CC2CC(c3ccnc4ccc(F)cc34)C[C@@H]2C1. The molecular weight excluding hydrogens is 325 g/mol. The van der Waals surface area contributed by atoms with Crippen LogP contribution < -0.4 is 0 Å². The molecule has 0 N–H and O–H groups in total. The number of carbonyl (C=O) groups excluding carboxylic acids is 1. The molecule has 4 rings (SSSR count). The lowest BCUT2D eigenvalue weighted by Gasteiger charge is -2.19. The van der Waals surface area contributed by atoms with Gasteiger partial charge in [0.05, 0.1) is 5.52 Å². The van der Waals surface area contributed by atoms with Gasteiger partial charge in [-0.05, 0) is 90.8 Å². The summed E-state index contributed by atoms with van der Waals surface area (Å²) >= 11 is 5.69. The molecule has 2 nitrogen and oxygen atoms in total. The van der Waals surface area contributed by atoms with Crippen molar-refractivity contribution in [2.75, 3.05) is 0 Å². The van der Waals surface area contributed by atoms with E-state index in [0.717, 1.165) is 36.6 Å². The largest absolute Gasteiger partial charge is 0.281 e. The molecule has 2 aliphatic carbocycles. The fraction of sp³-hybridized carbons (Fsp3) is 0.500. The molecule has 4 heteroatoms. The van der Waals surface area contributed by atoms with Crippen LogP contribution in [0.25, 0.3) is 10.9 Å². The number of hydrogen-bond acceptors (Lipinski definition) is 2. The van der Waals surface area contributed by atoms with E-state index in [1.807, 2.05) is 13.1 Å². The van der Waals surface area contributed by atoms with Crippen molar-refractivity contribution in [3.8, 4) is 0 Å². The van der Waals surface area contributed by atoms with Crippen LogP contribution in [0.3, 0.4) is 0 Å². The van der Waals surface area contributed by atoms with Crippen LogP contribution in [0, 0.1) is 29.5 Å². The highest BCUT2D eigenvalue weighted by Gasteiger charge is 2.44. The van der Waals surface area contributed by atoms with E-state index in [0.29, 0.717) is 23.7 Å². The average molecular weight is 346 g/mol. The summed E-state index contributed by atoms with van der Waals surface area (Å²) in [5, 5.41) is 0.746. The molecule has 24 heavy (non-hydrogen) atoms. The van der Waals surface area contributed by atoms with Gasteiger partial charge in [-0.1, -0.05) is 6.92 Å². The van der Waals surface area contributed by atoms with Crippen molar-refractivity contribution < 1.29 is 9.18 Å². The van der Waals surface area contributed by atoms with Crippen LogP contribution in [0.15, 0.2) is 30.5 Å². The van der Waals surface area contributed by atoms with Gasteiger partial charge < -0.3 is 0 Å². The van der Waals surface area contributed by atoms with Crippen LogP contribution in [0.2, 0.25) is 0 Å². The Labute approximate surface area is 146 Å². The quantitative estimate of drug-likeness (QED) is 0.707. The normalized spacial score (nSPS) is 30.5. The Bertz CT molecular complexity index is 778. The molecule has 0 bridgehead atoms. The van der Waals surface area contributed by atoms with E-state index in [9.17, 15) is 9.18 Å². The number of pyridine rings is 1. The molecule has 4 unspecified atom stereocenters. The van der Waals surface area contributed by atoms with Crippen LogP contribution in [0.5, 0.6) is 0 Å². The highest BCUT2D eigenvalue weighted by molar-refractivity contribution is 6.63. The topological polar surface area (TPSA) is 30.0 Å². The highest BCUT2D eigenvalue weighted by atomic mass is 35.5. The lowest BCUT2D eigenvalue weighted by atomic mass is 9.87. The van der Waals surface area contributed by atoms with Crippen LogP contribution in [0.1, 0.15) is 44.1 Å². The smallest absolute Gasteiger partial charge is 0.224 e. The monoisotopic (exact) mass is 345 g/mol. The summed E-state index contributed by atoms with van der Waals surface area (Å²) in [5.41, 5.74) is 2.09. The second kappa shape index (κ2) is 6.11. The Morgan fingerprint density at radius 2 is 1.92 bits per heavy atom. The Morgan fingerprint density at radius 1 is 1.21 bits per heavy atom. The molecule has 126 valence electrons. The number of halogens is 2. The summed E-state index contributed by atoms with van der Waals surface area (Å²) in [5.74, 6) is 1.98. The predicted molar refractivity (Wildman–Crippen MR) is 93.4 cm³/mol. The molecule has 0 spiro atoms. The van der Waals surface area contributed by atoms with Crippen molar-refractivity contribution in [3.05, 3.63) is 41.8 Å². The number of nitrogens with zero attached hydrogens (tertiary/aromatic N) is 1. The maximum atomic E-state index is 13.7. The van der Waals surface area contributed by atoms with E-state index < -0.39 is 0 Å². The number of aromatic nitrogens is 1.